The predicted molar refractivity (Wildman–Crippen MR) is 99.9 cm³/mol. The molecule has 2 aromatic carbocycles. The minimum absolute atomic E-state index is 0.607. The first-order valence-corrected chi connectivity index (χ1v) is 8.39. The lowest BCUT2D eigenvalue weighted by Crippen LogP contribution is -1.95. The van der Waals surface area contributed by atoms with Gasteiger partial charge in [-0.15, -0.1) is 0 Å². The van der Waals surface area contributed by atoms with E-state index >= 15 is 0 Å². The SMILES string of the molecule is c1ccc(Oc2ccc(CCc3ccc4ccccc4n3)cc2)nc1. The van der Waals surface area contributed by atoms with Crippen LogP contribution in [0.25, 0.3) is 10.9 Å². The van der Waals surface area contributed by atoms with Gasteiger partial charge in [-0.05, 0) is 48.7 Å². The summed E-state index contributed by atoms with van der Waals surface area (Å²) in [4.78, 5) is 8.90. The molecule has 0 radical (unpaired) electrons. The van der Waals surface area contributed by atoms with E-state index in [4.69, 9.17) is 9.72 Å². The van der Waals surface area contributed by atoms with Gasteiger partial charge in [0.05, 0.1) is 5.52 Å². The molecule has 0 unspecified atom stereocenters. The molecule has 0 aliphatic rings. The zero-order valence-electron chi connectivity index (χ0n) is 13.8. The van der Waals surface area contributed by atoms with Gasteiger partial charge in [0.2, 0.25) is 5.88 Å². The Morgan fingerprint density at radius 1 is 0.720 bits per heavy atom. The number of ether oxygens (including phenoxy) is 1. The molecule has 0 aliphatic heterocycles. The summed E-state index contributed by atoms with van der Waals surface area (Å²) in [6, 6.07) is 26.3. The average Bonchev–Trinajstić information content (AvgIpc) is 2.68. The van der Waals surface area contributed by atoms with Gasteiger partial charge < -0.3 is 4.74 Å². The lowest BCUT2D eigenvalue weighted by molar-refractivity contribution is 0.463. The van der Waals surface area contributed by atoms with Crippen molar-refractivity contribution in [1.29, 1.82) is 0 Å². The van der Waals surface area contributed by atoms with E-state index in [1.54, 1.807) is 6.20 Å². The normalized spacial score (nSPS) is 10.7. The summed E-state index contributed by atoms with van der Waals surface area (Å²) < 4.78 is 5.72. The second kappa shape index (κ2) is 7.14. The van der Waals surface area contributed by atoms with E-state index < -0.39 is 0 Å². The number of hydrogen-bond donors (Lipinski definition) is 0. The second-order valence-electron chi connectivity index (χ2n) is 5.91. The first kappa shape index (κ1) is 15.3. The van der Waals surface area contributed by atoms with E-state index in [1.165, 1.54) is 10.9 Å². The number of aryl methyl sites for hydroxylation is 2. The van der Waals surface area contributed by atoms with Crippen molar-refractivity contribution < 1.29 is 4.74 Å². The molecule has 0 spiro atoms. The molecule has 4 rings (SSSR count). The smallest absolute Gasteiger partial charge is 0.219 e. The summed E-state index contributed by atoms with van der Waals surface area (Å²) in [7, 11) is 0. The molecule has 3 nitrogen and oxygen atoms in total. The fraction of sp³-hybridized carbons (Fsp3) is 0.0909. The van der Waals surface area contributed by atoms with Crippen molar-refractivity contribution in [2.45, 2.75) is 12.8 Å². The quantitative estimate of drug-likeness (QED) is 0.505. The zero-order chi connectivity index (χ0) is 16.9. The summed E-state index contributed by atoms with van der Waals surface area (Å²) in [5, 5.41) is 1.18. The van der Waals surface area contributed by atoms with Crippen LogP contribution in [0.5, 0.6) is 11.6 Å². The van der Waals surface area contributed by atoms with Crippen molar-refractivity contribution >= 4 is 10.9 Å². The van der Waals surface area contributed by atoms with Crippen LogP contribution >= 0.6 is 0 Å². The number of fused-ring (bicyclic) bond motifs is 1. The topological polar surface area (TPSA) is 35.0 Å². The molecule has 0 fully saturated rings. The molecule has 0 amide bonds. The van der Waals surface area contributed by atoms with Gasteiger partial charge in [0.1, 0.15) is 5.75 Å². The minimum Gasteiger partial charge on any atom is -0.439 e. The average molecular weight is 326 g/mol. The molecule has 2 heterocycles. The van der Waals surface area contributed by atoms with Crippen molar-refractivity contribution in [3.8, 4) is 11.6 Å². The minimum atomic E-state index is 0.607. The highest BCUT2D eigenvalue weighted by molar-refractivity contribution is 5.78. The molecule has 0 aliphatic carbocycles. The molecule has 0 saturated heterocycles. The Morgan fingerprint density at radius 3 is 2.40 bits per heavy atom. The first-order valence-electron chi connectivity index (χ1n) is 8.39. The van der Waals surface area contributed by atoms with E-state index in [0.29, 0.717) is 5.88 Å². The molecule has 122 valence electrons. The van der Waals surface area contributed by atoms with Crippen LogP contribution in [-0.2, 0) is 12.8 Å². The summed E-state index contributed by atoms with van der Waals surface area (Å²) in [6.45, 7) is 0. The van der Waals surface area contributed by atoms with Crippen LogP contribution in [0.3, 0.4) is 0 Å². The largest absolute Gasteiger partial charge is 0.439 e. The molecule has 0 bridgehead atoms. The van der Waals surface area contributed by atoms with Crippen molar-refractivity contribution in [1.82, 2.24) is 9.97 Å². The number of nitrogens with zero attached hydrogens (tertiary/aromatic N) is 2. The van der Waals surface area contributed by atoms with Crippen LogP contribution in [0, 0.1) is 0 Å². The third-order valence-electron chi connectivity index (χ3n) is 4.11. The number of hydrogen-bond acceptors (Lipinski definition) is 3. The Kier molecular flexibility index (Phi) is 4.38. The third kappa shape index (κ3) is 3.83. The molecule has 3 heteroatoms. The Balaban J connectivity index is 1.40. The van der Waals surface area contributed by atoms with Gasteiger partial charge >= 0.3 is 0 Å². The first-order chi connectivity index (χ1) is 12.4. The lowest BCUT2D eigenvalue weighted by Gasteiger charge is -2.06. The summed E-state index contributed by atoms with van der Waals surface area (Å²) >= 11 is 0. The van der Waals surface area contributed by atoms with Gasteiger partial charge in [-0.3, -0.25) is 4.98 Å². The van der Waals surface area contributed by atoms with Gasteiger partial charge in [0.25, 0.3) is 0 Å². The lowest BCUT2D eigenvalue weighted by atomic mass is 10.1. The number of benzene rings is 2. The Bertz CT molecular complexity index is 966. The molecule has 0 saturated carbocycles. The van der Waals surface area contributed by atoms with E-state index in [0.717, 1.165) is 29.8 Å². The van der Waals surface area contributed by atoms with Gasteiger partial charge in [0, 0.05) is 23.3 Å². The van der Waals surface area contributed by atoms with E-state index in [2.05, 4.69) is 41.4 Å². The highest BCUT2D eigenvalue weighted by Crippen LogP contribution is 2.20. The molecular formula is C22H18N2O. The molecule has 0 N–H and O–H groups in total. The van der Waals surface area contributed by atoms with Crippen LogP contribution in [0.4, 0.5) is 0 Å². The maximum absolute atomic E-state index is 5.72. The van der Waals surface area contributed by atoms with Crippen molar-refractivity contribution in [3.05, 3.63) is 96.3 Å². The van der Waals surface area contributed by atoms with Crippen LogP contribution in [0.1, 0.15) is 11.3 Å². The summed E-state index contributed by atoms with van der Waals surface area (Å²) in [6.07, 6.45) is 3.60. The van der Waals surface area contributed by atoms with Crippen LogP contribution in [0.2, 0.25) is 0 Å². The van der Waals surface area contributed by atoms with Crippen molar-refractivity contribution in [2.24, 2.45) is 0 Å². The van der Waals surface area contributed by atoms with Gasteiger partial charge in [-0.25, -0.2) is 4.98 Å². The van der Waals surface area contributed by atoms with Gasteiger partial charge in [0.15, 0.2) is 0 Å². The summed E-state index contributed by atoms with van der Waals surface area (Å²) in [5.41, 5.74) is 3.44. The number of rotatable bonds is 5. The van der Waals surface area contributed by atoms with E-state index in [1.807, 2.05) is 42.5 Å². The monoisotopic (exact) mass is 326 g/mol. The molecule has 0 atom stereocenters. The maximum atomic E-state index is 5.72. The Hall–Kier alpha value is -3.20. The van der Waals surface area contributed by atoms with E-state index in [-0.39, 0.29) is 0 Å². The van der Waals surface area contributed by atoms with Crippen LogP contribution in [-0.4, -0.2) is 9.97 Å². The fourth-order valence-corrected chi connectivity index (χ4v) is 2.77. The molecule has 25 heavy (non-hydrogen) atoms. The fourth-order valence-electron chi connectivity index (χ4n) is 2.77. The highest BCUT2D eigenvalue weighted by Gasteiger charge is 2.01. The number of aromatic nitrogens is 2. The highest BCUT2D eigenvalue weighted by atomic mass is 16.5. The third-order valence-corrected chi connectivity index (χ3v) is 4.11. The zero-order valence-corrected chi connectivity index (χ0v) is 13.8. The van der Waals surface area contributed by atoms with Gasteiger partial charge in [-0.1, -0.05) is 42.5 Å². The van der Waals surface area contributed by atoms with Gasteiger partial charge in [-0.2, -0.15) is 0 Å². The predicted octanol–water partition coefficient (Wildman–Crippen LogP) is 5.21. The maximum Gasteiger partial charge on any atom is 0.219 e. The van der Waals surface area contributed by atoms with E-state index in [9.17, 15) is 0 Å². The Labute approximate surface area is 147 Å². The van der Waals surface area contributed by atoms with Crippen molar-refractivity contribution in [3.63, 3.8) is 0 Å². The molecular weight excluding hydrogens is 308 g/mol. The molecule has 4 aromatic rings. The molecule has 2 aromatic heterocycles. The van der Waals surface area contributed by atoms with Crippen molar-refractivity contribution in [2.75, 3.05) is 0 Å². The number of para-hydroxylation sites is 1. The second-order valence-corrected chi connectivity index (χ2v) is 5.91. The standard InChI is InChI=1S/C22H18N2O/c1-2-6-21-18(5-1)11-13-19(24-21)12-8-17-9-14-20(15-10-17)25-22-7-3-4-16-23-22/h1-7,9-11,13-16H,8,12H2. The van der Waals surface area contributed by atoms with Crippen LogP contribution in [0.15, 0.2) is 85.1 Å². The van der Waals surface area contributed by atoms with Crippen LogP contribution < -0.4 is 4.74 Å². The Morgan fingerprint density at radius 2 is 1.56 bits per heavy atom. The summed E-state index contributed by atoms with van der Waals surface area (Å²) in [5.74, 6) is 1.40. The number of pyridine rings is 2.